The lowest BCUT2D eigenvalue weighted by molar-refractivity contribution is -0.279. The zero-order valence-corrected chi connectivity index (χ0v) is 32.8. The molecule has 0 amide bonds. The van der Waals surface area contributed by atoms with Crippen LogP contribution in [0.2, 0.25) is 0 Å². The Morgan fingerprint density at radius 3 is 1.83 bits per heavy atom. The second-order valence-corrected chi connectivity index (χ2v) is 18.5. The van der Waals surface area contributed by atoms with Gasteiger partial charge in [-0.3, -0.25) is 14.4 Å². The van der Waals surface area contributed by atoms with Crippen LogP contribution < -0.4 is 0 Å². The summed E-state index contributed by atoms with van der Waals surface area (Å²) in [6.45, 7) is 25.2. The quantitative estimate of drug-likeness (QED) is 0.135. The highest BCUT2D eigenvalue weighted by Crippen LogP contribution is 2.76. The number of esters is 3. The molecule has 0 spiro atoms. The van der Waals surface area contributed by atoms with Gasteiger partial charge in [-0.2, -0.15) is 0 Å². The van der Waals surface area contributed by atoms with Crippen molar-refractivity contribution in [1.29, 1.82) is 0 Å². The smallest absolute Gasteiger partial charge is 0.306 e. The van der Waals surface area contributed by atoms with Gasteiger partial charge in [-0.15, -0.1) is 0 Å². The molecule has 4 fully saturated rings. The fraction of sp³-hybridized carbons (Fsp3) is 0.929. The van der Waals surface area contributed by atoms with Crippen LogP contribution in [0.5, 0.6) is 0 Å². The van der Waals surface area contributed by atoms with E-state index in [1.165, 1.54) is 19.3 Å². The van der Waals surface area contributed by atoms with E-state index in [1.807, 2.05) is 13.8 Å². The molecule has 0 aromatic heterocycles. The Morgan fingerprint density at radius 2 is 1.27 bits per heavy atom. The monoisotopic (exact) mass is 673 g/mol. The first kappa shape index (κ1) is 39.2. The van der Waals surface area contributed by atoms with Crippen molar-refractivity contribution in [2.75, 3.05) is 0 Å². The van der Waals surface area contributed by atoms with Gasteiger partial charge < -0.3 is 14.2 Å². The van der Waals surface area contributed by atoms with E-state index >= 15 is 0 Å². The van der Waals surface area contributed by atoms with E-state index in [0.717, 1.165) is 57.8 Å². The molecule has 4 rings (SSSR count). The van der Waals surface area contributed by atoms with Crippen molar-refractivity contribution >= 4 is 17.9 Å². The molecular weight excluding hydrogens is 600 g/mol. The second-order valence-electron chi connectivity index (χ2n) is 18.5. The van der Waals surface area contributed by atoms with Gasteiger partial charge in [0.25, 0.3) is 0 Å². The summed E-state index contributed by atoms with van der Waals surface area (Å²) in [5.41, 5.74) is -0.708. The van der Waals surface area contributed by atoms with E-state index in [1.54, 1.807) is 0 Å². The molecule has 0 saturated heterocycles. The predicted molar refractivity (Wildman–Crippen MR) is 192 cm³/mol. The van der Waals surface area contributed by atoms with Crippen molar-refractivity contribution < 1.29 is 28.6 Å². The number of carbonyl (C=O) groups excluding carboxylic acids is 3. The van der Waals surface area contributed by atoms with Gasteiger partial charge in [0.05, 0.1) is 0 Å². The van der Waals surface area contributed by atoms with Crippen LogP contribution in [-0.4, -0.2) is 36.2 Å². The minimum absolute atomic E-state index is 0.0244. The lowest BCUT2D eigenvalue weighted by Crippen LogP contribution is -2.70. The Labute approximate surface area is 294 Å². The van der Waals surface area contributed by atoms with Crippen molar-refractivity contribution in [2.24, 2.45) is 57.2 Å². The van der Waals surface area contributed by atoms with Crippen LogP contribution in [0.1, 0.15) is 172 Å². The van der Waals surface area contributed by atoms with Crippen molar-refractivity contribution in [1.82, 2.24) is 0 Å². The summed E-state index contributed by atoms with van der Waals surface area (Å²) in [4.78, 5) is 39.6. The largest absolute Gasteiger partial charge is 0.462 e. The van der Waals surface area contributed by atoms with Gasteiger partial charge >= 0.3 is 17.9 Å². The number of hydrogen-bond donors (Lipinski definition) is 0. The van der Waals surface area contributed by atoms with Gasteiger partial charge in [-0.25, -0.2) is 0 Å². The molecule has 276 valence electrons. The first-order valence-electron chi connectivity index (χ1n) is 20.1. The number of rotatable bonds is 14. The molecule has 0 N–H and O–H groups in total. The molecule has 0 unspecified atom stereocenters. The third kappa shape index (κ3) is 7.25. The summed E-state index contributed by atoms with van der Waals surface area (Å²) in [6, 6.07) is 0. The molecule has 0 bridgehead atoms. The van der Waals surface area contributed by atoms with E-state index in [-0.39, 0.29) is 63.8 Å². The fourth-order valence-electron chi connectivity index (χ4n) is 12.3. The van der Waals surface area contributed by atoms with Gasteiger partial charge in [0.1, 0.15) is 18.3 Å². The Kier molecular flexibility index (Phi) is 12.5. The van der Waals surface area contributed by atoms with Gasteiger partial charge in [-0.1, -0.05) is 95.4 Å². The summed E-state index contributed by atoms with van der Waals surface area (Å²) in [6.07, 6.45) is 12.4. The molecule has 0 aromatic rings. The number of fused-ring (bicyclic) bond motifs is 5. The van der Waals surface area contributed by atoms with Crippen LogP contribution in [0.3, 0.4) is 0 Å². The van der Waals surface area contributed by atoms with Crippen molar-refractivity contribution in [3.8, 4) is 0 Å². The Hall–Kier alpha value is -1.59. The highest BCUT2D eigenvalue weighted by Gasteiger charge is 2.73. The minimum atomic E-state index is -0.385. The van der Waals surface area contributed by atoms with Crippen LogP contribution in [-0.2, 0) is 28.6 Å². The van der Waals surface area contributed by atoms with Gasteiger partial charge in [0.15, 0.2) is 0 Å². The molecule has 0 aromatic carbocycles. The Morgan fingerprint density at radius 1 is 0.708 bits per heavy atom. The summed E-state index contributed by atoms with van der Waals surface area (Å²) >= 11 is 0. The molecule has 11 atom stereocenters. The zero-order chi connectivity index (χ0) is 35.7. The van der Waals surface area contributed by atoms with Gasteiger partial charge in [0, 0.05) is 36.5 Å². The molecule has 6 heteroatoms. The maximum Gasteiger partial charge on any atom is 0.306 e. The standard InChI is InChI=1S/C42H72O6/c1-12-16-34(43)46-30-25-32-40(9)23-22-33(48-36(45)18-14-3)39(7,8)38(40)31(47-35(44)17-13-2)26-42(32,11)41(10)24-21-29(37(30)41)28(6)20-15-19-27(4)5/h27-33,37-38H,12-26H2,1-11H3/t28-,29-,30-,31+,32-,33+,37+,38+,40-,41-,42-/m1/s1. The molecule has 0 heterocycles. The van der Waals surface area contributed by atoms with Crippen LogP contribution in [0.25, 0.3) is 0 Å². The number of ether oxygens (including phenoxy) is 3. The van der Waals surface area contributed by atoms with Crippen LogP contribution >= 0.6 is 0 Å². The summed E-state index contributed by atoms with van der Waals surface area (Å²) < 4.78 is 19.5. The molecule has 4 aliphatic rings. The maximum atomic E-state index is 13.4. The third-order valence-corrected chi connectivity index (χ3v) is 14.6. The lowest BCUT2D eigenvalue weighted by atomic mass is 9.34. The highest BCUT2D eigenvalue weighted by atomic mass is 16.6. The van der Waals surface area contributed by atoms with Gasteiger partial charge in [0.2, 0.25) is 0 Å². The van der Waals surface area contributed by atoms with Gasteiger partial charge in [-0.05, 0) is 97.7 Å². The Bertz CT molecular complexity index is 1130. The molecule has 48 heavy (non-hydrogen) atoms. The Balaban J connectivity index is 1.79. The van der Waals surface area contributed by atoms with Crippen molar-refractivity contribution in [3.05, 3.63) is 0 Å². The molecule has 0 aliphatic heterocycles. The lowest BCUT2D eigenvalue weighted by Gasteiger charge is -2.71. The molecule has 4 aliphatic carbocycles. The average molecular weight is 673 g/mol. The third-order valence-electron chi connectivity index (χ3n) is 14.6. The van der Waals surface area contributed by atoms with E-state index in [2.05, 4.69) is 62.3 Å². The van der Waals surface area contributed by atoms with E-state index in [0.29, 0.717) is 48.9 Å². The molecular formula is C42H72O6. The SMILES string of the molecule is CCCC(=O)O[C@H]1C[C@]2(C)[C@H](C[C@@H](OC(=O)CCC)[C@@H]3[C@@H]([C@H](C)CCCC(C)C)CC[C@]32C)[C@@]2(C)CC[C@H](OC(=O)CCC)C(C)(C)[C@H]12. The molecule has 0 radical (unpaired) electrons. The average Bonchev–Trinajstić information content (AvgIpc) is 3.35. The van der Waals surface area contributed by atoms with Crippen LogP contribution in [0, 0.1) is 57.2 Å². The minimum Gasteiger partial charge on any atom is -0.462 e. The van der Waals surface area contributed by atoms with Crippen LogP contribution in [0.4, 0.5) is 0 Å². The normalized spacial score (nSPS) is 39.1. The number of carbonyl (C=O) groups is 3. The topological polar surface area (TPSA) is 78.9 Å². The maximum absolute atomic E-state index is 13.4. The van der Waals surface area contributed by atoms with Crippen LogP contribution in [0.15, 0.2) is 0 Å². The van der Waals surface area contributed by atoms with Crippen molar-refractivity contribution in [3.63, 3.8) is 0 Å². The summed E-state index contributed by atoms with van der Waals surface area (Å²) in [5, 5.41) is 0. The zero-order valence-electron chi connectivity index (χ0n) is 32.8. The molecule has 6 nitrogen and oxygen atoms in total. The fourth-order valence-corrected chi connectivity index (χ4v) is 12.3. The first-order chi connectivity index (χ1) is 22.5. The highest BCUT2D eigenvalue weighted by molar-refractivity contribution is 5.70. The summed E-state index contributed by atoms with van der Waals surface area (Å²) in [7, 11) is 0. The summed E-state index contributed by atoms with van der Waals surface area (Å²) in [5.74, 6) is 2.10. The molecule has 4 saturated carbocycles. The van der Waals surface area contributed by atoms with Crippen molar-refractivity contribution in [2.45, 2.75) is 191 Å². The first-order valence-corrected chi connectivity index (χ1v) is 20.1. The number of hydrogen-bond acceptors (Lipinski definition) is 6. The van der Waals surface area contributed by atoms with E-state index < -0.39 is 0 Å². The second kappa shape index (κ2) is 15.3. The van der Waals surface area contributed by atoms with E-state index in [9.17, 15) is 14.4 Å². The predicted octanol–water partition coefficient (Wildman–Crippen LogP) is 10.5. The van der Waals surface area contributed by atoms with E-state index in [4.69, 9.17) is 14.2 Å².